The maximum absolute atomic E-state index is 14.3. The summed E-state index contributed by atoms with van der Waals surface area (Å²) in [5.74, 6) is -2.05. The second kappa shape index (κ2) is 9.91. The first-order valence-corrected chi connectivity index (χ1v) is 13.1. The van der Waals surface area contributed by atoms with Crippen molar-refractivity contribution in [3.63, 3.8) is 0 Å². The van der Waals surface area contributed by atoms with Gasteiger partial charge >= 0.3 is 5.97 Å². The SMILES string of the molecule is C=CCN(C(=O)C1N([C@@H](CC)CO)C(=O)[C@@H]2[C@H](C(=O)OCC)[C@@H]3CCC12S3)c1ccc(Cl)cc1. The highest BCUT2D eigenvalue weighted by atomic mass is 35.5. The fraction of sp³-hybridized carbons (Fsp3) is 0.560. The average molecular weight is 507 g/mol. The van der Waals surface area contributed by atoms with Crippen molar-refractivity contribution in [1.29, 1.82) is 0 Å². The Labute approximate surface area is 209 Å². The van der Waals surface area contributed by atoms with Crippen molar-refractivity contribution in [3.05, 3.63) is 41.9 Å². The van der Waals surface area contributed by atoms with Crippen LogP contribution in [0.1, 0.15) is 33.1 Å². The monoisotopic (exact) mass is 506 g/mol. The van der Waals surface area contributed by atoms with Gasteiger partial charge in [-0.15, -0.1) is 18.3 Å². The summed E-state index contributed by atoms with van der Waals surface area (Å²) in [5.41, 5.74) is 0.651. The summed E-state index contributed by atoms with van der Waals surface area (Å²) < 4.78 is 4.62. The molecule has 3 fully saturated rings. The average Bonchev–Trinajstić information content (AvgIpc) is 3.47. The molecule has 3 saturated heterocycles. The minimum atomic E-state index is -0.799. The van der Waals surface area contributed by atoms with Crippen molar-refractivity contribution in [3.8, 4) is 0 Å². The number of anilines is 1. The van der Waals surface area contributed by atoms with E-state index in [4.69, 9.17) is 16.3 Å². The van der Waals surface area contributed by atoms with Gasteiger partial charge in [-0.3, -0.25) is 14.4 Å². The van der Waals surface area contributed by atoms with E-state index in [0.717, 1.165) is 6.42 Å². The lowest BCUT2D eigenvalue weighted by Gasteiger charge is -2.39. The molecule has 9 heteroatoms. The van der Waals surface area contributed by atoms with Crippen molar-refractivity contribution in [1.82, 2.24) is 4.90 Å². The fourth-order valence-electron chi connectivity index (χ4n) is 5.90. The maximum Gasteiger partial charge on any atom is 0.310 e. The number of aliphatic hydroxyl groups excluding tert-OH is 1. The number of esters is 1. The number of fused-ring (bicyclic) bond motifs is 1. The number of ether oxygens (including phenoxy) is 1. The molecule has 1 aromatic carbocycles. The fourth-order valence-corrected chi connectivity index (χ4v) is 8.22. The number of thioether (sulfide) groups is 1. The smallest absolute Gasteiger partial charge is 0.310 e. The zero-order valence-corrected chi connectivity index (χ0v) is 21.1. The first kappa shape index (κ1) is 25.1. The molecule has 2 amide bonds. The summed E-state index contributed by atoms with van der Waals surface area (Å²) >= 11 is 7.65. The molecule has 34 heavy (non-hydrogen) atoms. The first-order chi connectivity index (χ1) is 16.3. The Bertz CT molecular complexity index is 969. The van der Waals surface area contributed by atoms with Gasteiger partial charge in [-0.25, -0.2) is 0 Å². The number of aliphatic hydroxyl groups is 1. The molecule has 0 aromatic heterocycles. The lowest BCUT2D eigenvalue weighted by Crippen LogP contribution is -2.57. The largest absolute Gasteiger partial charge is 0.466 e. The number of carbonyl (C=O) groups is 3. The van der Waals surface area contributed by atoms with E-state index in [1.165, 1.54) is 0 Å². The molecule has 1 aromatic rings. The van der Waals surface area contributed by atoms with Gasteiger partial charge in [-0.1, -0.05) is 24.6 Å². The van der Waals surface area contributed by atoms with Gasteiger partial charge < -0.3 is 19.6 Å². The zero-order valence-electron chi connectivity index (χ0n) is 19.5. The van der Waals surface area contributed by atoms with Gasteiger partial charge in [0.1, 0.15) is 6.04 Å². The van der Waals surface area contributed by atoms with Gasteiger partial charge in [0.15, 0.2) is 0 Å². The Morgan fingerprint density at radius 1 is 1.38 bits per heavy atom. The van der Waals surface area contributed by atoms with Gasteiger partial charge in [0.2, 0.25) is 5.91 Å². The first-order valence-electron chi connectivity index (χ1n) is 11.8. The van der Waals surface area contributed by atoms with E-state index in [1.807, 2.05) is 6.92 Å². The van der Waals surface area contributed by atoms with Crippen LogP contribution in [0, 0.1) is 11.8 Å². The van der Waals surface area contributed by atoms with Gasteiger partial charge in [0.05, 0.1) is 35.8 Å². The topological polar surface area (TPSA) is 87.2 Å². The van der Waals surface area contributed by atoms with Crippen LogP contribution in [0.25, 0.3) is 0 Å². The molecule has 7 nitrogen and oxygen atoms in total. The number of amides is 2. The predicted molar refractivity (Wildman–Crippen MR) is 133 cm³/mol. The van der Waals surface area contributed by atoms with Crippen LogP contribution in [-0.2, 0) is 19.1 Å². The van der Waals surface area contributed by atoms with Crippen LogP contribution in [0.2, 0.25) is 5.02 Å². The number of benzene rings is 1. The van der Waals surface area contributed by atoms with Gasteiger partial charge in [0, 0.05) is 22.5 Å². The second-order valence-corrected chi connectivity index (χ2v) is 11.0. The molecular formula is C25H31ClN2O5S. The molecule has 0 saturated carbocycles. The molecule has 0 aliphatic carbocycles. The second-order valence-electron chi connectivity index (χ2n) is 9.01. The third kappa shape index (κ3) is 3.84. The minimum absolute atomic E-state index is 0.0527. The van der Waals surface area contributed by atoms with Crippen LogP contribution in [0.15, 0.2) is 36.9 Å². The molecule has 2 unspecified atom stereocenters. The highest BCUT2D eigenvalue weighted by Gasteiger charge is 2.74. The van der Waals surface area contributed by atoms with Crippen LogP contribution in [0.3, 0.4) is 0 Å². The van der Waals surface area contributed by atoms with Crippen LogP contribution >= 0.6 is 23.4 Å². The molecule has 3 heterocycles. The highest BCUT2D eigenvalue weighted by molar-refractivity contribution is 8.02. The van der Waals surface area contributed by atoms with Gasteiger partial charge in [-0.2, -0.15) is 0 Å². The van der Waals surface area contributed by atoms with E-state index in [9.17, 15) is 19.5 Å². The standard InChI is InChI=1S/C25H31ClN2O5S/c1-4-13-27(17-9-7-15(26)8-10-17)23(31)21-25-12-11-18(34-25)19(24(32)33-6-3)20(25)22(30)28(21)16(5-2)14-29/h4,7-10,16,18-21,29H,1,5-6,11-14H2,2-3H3/t16-,18-,19+,20-,21?,25?/m0/s1. The summed E-state index contributed by atoms with van der Waals surface area (Å²) in [6, 6.07) is 5.66. The highest BCUT2D eigenvalue weighted by Crippen LogP contribution is 2.67. The van der Waals surface area contributed by atoms with E-state index in [2.05, 4.69) is 6.58 Å². The summed E-state index contributed by atoms with van der Waals surface area (Å²) in [7, 11) is 0. The quantitative estimate of drug-likeness (QED) is 0.408. The number of rotatable bonds is 9. The number of likely N-dealkylation sites (tertiary alicyclic amines) is 1. The Kier molecular flexibility index (Phi) is 7.31. The molecule has 184 valence electrons. The summed E-state index contributed by atoms with van der Waals surface area (Å²) in [4.78, 5) is 44.3. The van der Waals surface area contributed by atoms with Crippen molar-refractivity contribution in [2.75, 3.05) is 24.7 Å². The molecule has 2 bridgehead atoms. The summed E-state index contributed by atoms with van der Waals surface area (Å²) in [6.45, 7) is 7.69. The Hall–Kier alpha value is -2.03. The number of halogens is 1. The molecule has 1 N–H and O–H groups in total. The third-order valence-corrected chi connectivity index (χ3v) is 9.53. The Balaban J connectivity index is 1.80. The van der Waals surface area contributed by atoms with E-state index in [-0.39, 0.29) is 42.8 Å². The van der Waals surface area contributed by atoms with Crippen molar-refractivity contribution in [2.24, 2.45) is 11.8 Å². The number of hydrogen-bond acceptors (Lipinski definition) is 6. The van der Waals surface area contributed by atoms with Crippen LogP contribution in [0.4, 0.5) is 5.69 Å². The molecule has 0 radical (unpaired) electrons. The lowest BCUT2D eigenvalue weighted by atomic mass is 9.71. The van der Waals surface area contributed by atoms with E-state index in [1.54, 1.807) is 58.8 Å². The van der Waals surface area contributed by atoms with Crippen LogP contribution in [-0.4, -0.2) is 69.6 Å². The molecule has 4 rings (SSSR count). The van der Waals surface area contributed by atoms with Crippen molar-refractivity contribution >= 4 is 46.8 Å². The zero-order chi connectivity index (χ0) is 24.6. The van der Waals surface area contributed by atoms with Gasteiger partial charge in [0.25, 0.3) is 5.91 Å². The minimum Gasteiger partial charge on any atom is -0.466 e. The Morgan fingerprint density at radius 2 is 2.09 bits per heavy atom. The third-order valence-electron chi connectivity index (χ3n) is 7.32. The van der Waals surface area contributed by atoms with E-state index >= 15 is 0 Å². The predicted octanol–water partition coefficient (Wildman–Crippen LogP) is 3.28. The van der Waals surface area contributed by atoms with Gasteiger partial charge in [-0.05, 0) is 50.5 Å². The van der Waals surface area contributed by atoms with E-state index in [0.29, 0.717) is 23.6 Å². The maximum atomic E-state index is 14.3. The van der Waals surface area contributed by atoms with E-state index < -0.39 is 28.7 Å². The Morgan fingerprint density at radius 3 is 2.68 bits per heavy atom. The molecular weight excluding hydrogens is 476 g/mol. The molecule has 3 aliphatic heterocycles. The summed E-state index contributed by atoms with van der Waals surface area (Å²) in [6.07, 6.45) is 3.54. The lowest BCUT2D eigenvalue weighted by molar-refractivity contribution is -0.154. The molecule has 1 spiro atoms. The number of hydrogen-bond donors (Lipinski definition) is 1. The summed E-state index contributed by atoms with van der Waals surface area (Å²) in [5, 5.41) is 10.6. The van der Waals surface area contributed by atoms with Crippen molar-refractivity contribution < 1.29 is 24.2 Å². The van der Waals surface area contributed by atoms with Crippen LogP contribution in [0.5, 0.6) is 0 Å². The normalized spacial score (nSPS) is 30.2. The van der Waals surface area contributed by atoms with Crippen LogP contribution < -0.4 is 4.90 Å². The number of carbonyl (C=O) groups excluding carboxylic acids is 3. The van der Waals surface area contributed by atoms with Crippen molar-refractivity contribution in [2.45, 2.75) is 55.2 Å². The molecule has 3 aliphatic rings. The number of nitrogens with zero attached hydrogens (tertiary/aromatic N) is 2. The molecule has 6 atom stereocenters.